The van der Waals surface area contributed by atoms with Gasteiger partial charge in [-0.1, -0.05) is 42.6 Å². The summed E-state index contributed by atoms with van der Waals surface area (Å²) in [7, 11) is 0. The normalized spacial score (nSPS) is 29.6. The molecule has 1 N–H and O–H groups in total. The van der Waals surface area contributed by atoms with E-state index in [0.717, 1.165) is 29.1 Å². The van der Waals surface area contributed by atoms with E-state index >= 15 is 0 Å². The van der Waals surface area contributed by atoms with Crippen molar-refractivity contribution in [3.05, 3.63) is 64.9 Å². The highest BCUT2D eigenvalue weighted by Crippen LogP contribution is 2.54. The predicted octanol–water partition coefficient (Wildman–Crippen LogP) is 4.80. The van der Waals surface area contributed by atoms with E-state index in [-0.39, 0.29) is 0 Å². The smallest absolute Gasteiger partial charge is 0.0541 e. The number of nitrogens with zero attached hydrogens (tertiary/aromatic N) is 1. The first-order valence-corrected chi connectivity index (χ1v) is 9.09. The molecule has 23 heavy (non-hydrogen) atoms. The van der Waals surface area contributed by atoms with Crippen molar-refractivity contribution in [2.45, 2.75) is 44.2 Å². The maximum atomic E-state index is 6.07. The average molecular weight is 327 g/mol. The van der Waals surface area contributed by atoms with Gasteiger partial charge in [0.2, 0.25) is 0 Å². The van der Waals surface area contributed by atoms with Crippen LogP contribution in [0.15, 0.2) is 48.7 Å². The third kappa shape index (κ3) is 3.02. The first kappa shape index (κ1) is 15.2. The van der Waals surface area contributed by atoms with Crippen molar-refractivity contribution in [3.8, 4) is 0 Å². The van der Waals surface area contributed by atoms with Crippen LogP contribution in [0.5, 0.6) is 0 Å². The summed E-state index contributed by atoms with van der Waals surface area (Å²) in [5.74, 6) is 2.29. The van der Waals surface area contributed by atoms with Gasteiger partial charge in [0.05, 0.1) is 5.69 Å². The van der Waals surface area contributed by atoms with Gasteiger partial charge in [-0.05, 0) is 54.5 Å². The van der Waals surface area contributed by atoms with Crippen LogP contribution in [0.1, 0.15) is 42.9 Å². The van der Waals surface area contributed by atoms with Crippen LogP contribution >= 0.6 is 11.6 Å². The maximum Gasteiger partial charge on any atom is 0.0541 e. The lowest BCUT2D eigenvalue weighted by Crippen LogP contribution is -2.57. The fraction of sp³-hybridized carbons (Fsp3) is 0.450. The molecule has 2 nitrogen and oxygen atoms in total. The number of hydrogen-bond donors (Lipinski definition) is 1. The maximum absolute atomic E-state index is 6.07. The zero-order valence-corrected chi connectivity index (χ0v) is 14.0. The van der Waals surface area contributed by atoms with Gasteiger partial charge in [0, 0.05) is 29.7 Å². The van der Waals surface area contributed by atoms with Gasteiger partial charge in [0.25, 0.3) is 0 Å². The fourth-order valence-corrected chi connectivity index (χ4v) is 4.74. The molecule has 0 spiro atoms. The number of benzene rings is 1. The van der Waals surface area contributed by atoms with Gasteiger partial charge in [-0.15, -0.1) is 0 Å². The Kier molecular flexibility index (Phi) is 4.37. The van der Waals surface area contributed by atoms with Crippen molar-refractivity contribution >= 4 is 11.6 Å². The summed E-state index contributed by atoms with van der Waals surface area (Å²) < 4.78 is 0. The Bertz CT molecular complexity index is 640. The topological polar surface area (TPSA) is 24.9 Å². The van der Waals surface area contributed by atoms with Crippen LogP contribution < -0.4 is 5.32 Å². The second-order valence-corrected chi connectivity index (χ2v) is 7.35. The Balaban J connectivity index is 1.51. The minimum absolute atomic E-state index is 0.573. The third-order valence-electron chi connectivity index (χ3n) is 5.68. The molecule has 2 fully saturated rings. The van der Waals surface area contributed by atoms with Crippen molar-refractivity contribution in [3.63, 3.8) is 0 Å². The number of aromatic nitrogens is 1. The minimum Gasteiger partial charge on any atom is -0.307 e. The van der Waals surface area contributed by atoms with Gasteiger partial charge in [0.1, 0.15) is 0 Å². The Morgan fingerprint density at radius 2 is 1.78 bits per heavy atom. The van der Waals surface area contributed by atoms with Crippen LogP contribution in [0.4, 0.5) is 0 Å². The fourth-order valence-electron chi connectivity index (χ4n) is 4.61. The van der Waals surface area contributed by atoms with Gasteiger partial charge in [-0.3, -0.25) is 4.98 Å². The van der Waals surface area contributed by atoms with Gasteiger partial charge in [-0.25, -0.2) is 0 Å². The van der Waals surface area contributed by atoms with E-state index < -0.39 is 0 Å². The molecular weight excluding hydrogens is 304 g/mol. The Morgan fingerprint density at radius 3 is 2.52 bits per heavy atom. The van der Waals surface area contributed by atoms with Crippen molar-refractivity contribution in [1.82, 2.24) is 10.3 Å². The summed E-state index contributed by atoms with van der Waals surface area (Å²) in [6.07, 6.45) is 7.39. The minimum atomic E-state index is 0.573. The second kappa shape index (κ2) is 6.62. The summed E-state index contributed by atoms with van der Waals surface area (Å²) in [6, 6.07) is 15.2. The summed E-state index contributed by atoms with van der Waals surface area (Å²) in [6.45, 7) is 0.860. The largest absolute Gasteiger partial charge is 0.307 e. The molecule has 4 rings (SSSR count). The molecule has 0 aliphatic heterocycles. The molecule has 2 aliphatic carbocycles. The van der Waals surface area contributed by atoms with E-state index in [1.807, 2.05) is 24.4 Å². The molecule has 0 bridgehead atoms. The molecule has 1 aromatic heterocycles. The molecule has 0 unspecified atom stereocenters. The van der Waals surface area contributed by atoms with E-state index in [0.29, 0.717) is 12.0 Å². The highest BCUT2D eigenvalue weighted by atomic mass is 35.5. The highest BCUT2D eigenvalue weighted by molar-refractivity contribution is 6.30. The predicted molar refractivity (Wildman–Crippen MR) is 94.5 cm³/mol. The number of nitrogens with one attached hydrogen (secondary N) is 1. The molecule has 120 valence electrons. The molecule has 4 atom stereocenters. The Labute approximate surface area is 143 Å². The molecule has 0 radical (unpaired) electrons. The molecule has 0 amide bonds. The number of pyridine rings is 1. The van der Waals surface area contributed by atoms with Crippen LogP contribution in [-0.4, -0.2) is 11.0 Å². The second-order valence-electron chi connectivity index (χ2n) is 6.92. The van der Waals surface area contributed by atoms with Crippen LogP contribution in [-0.2, 0) is 6.54 Å². The number of halogens is 1. The van der Waals surface area contributed by atoms with Crippen LogP contribution in [0.25, 0.3) is 0 Å². The van der Waals surface area contributed by atoms with E-state index in [1.54, 1.807) is 0 Å². The molecule has 2 aromatic rings. The Hall–Kier alpha value is -1.38. The van der Waals surface area contributed by atoms with E-state index in [9.17, 15) is 0 Å². The van der Waals surface area contributed by atoms with Crippen molar-refractivity contribution in [2.24, 2.45) is 11.8 Å². The number of fused-ring (bicyclic) bond motifs is 1. The molecule has 1 aromatic carbocycles. The van der Waals surface area contributed by atoms with Crippen molar-refractivity contribution in [2.75, 3.05) is 0 Å². The van der Waals surface area contributed by atoms with Crippen LogP contribution in [0.2, 0.25) is 5.02 Å². The van der Waals surface area contributed by atoms with Gasteiger partial charge < -0.3 is 5.32 Å². The summed E-state index contributed by atoms with van der Waals surface area (Å²) in [5, 5.41) is 4.63. The summed E-state index contributed by atoms with van der Waals surface area (Å²) in [5.41, 5.74) is 2.57. The zero-order chi connectivity index (χ0) is 15.6. The standard InChI is InChI=1S/C20H23ClN2/c21-15-10-8-14(9-11-15)19-17-6-1-2-7-18(17)20(19)23-13-16-5-3-4-12-22-16/h3-5,8-12,17-20,23H,1-2,6-7,13H2/t17-,18+,19+,20+/m1/s1. The Morgan fingerprint density at radius 1 is 1.00 bits per heavy atom. The lowest BCUT2D eigenvalue weighted by Gasteiger charge is -2.55. The van der Waals surface area contributed by atoms with Crippen molar-refractivity contribution in [1.29, 1.82) is 0 Å². The van der Waals surface area contributed by atoms with Gasteiger partial charge in [-0.2, -0.15) is 0 Å². The van der Waals surface area contributed by atoms with Crippen molar-refractivity contribution < 1.29 is 0 Å². The molecular formula is C20H23ClN2. The number of hydrogen-bond acceptors (Lipinski definition) is 2. The number of rotatable bonds is 4. The van der Waals surface area contributed by atoms with Crippen LogP contribution in [0, 0.1) is 11.8 Å². The SMILES string of the molecule is Clc1ccc([C@H]2[C@@H]3CCCC[C@@H]3[C@@H]2NCc2ccccn2)cc1. The van der Waals surface area contributed by atoms with Crippen LogP contribution in [0.3, 0.4) is 0 Å². The van der Waals surface area contributed by atoms with Gasteiger partial charge >= 0.3 is 0 Å². The monoisotopic (exact) mass is 326 g/mol. The zero-order valence-electron chi connectivity index (χ0n) is 13.3. The molecule has 0 saturated heterocycles. The van der Waals surface area contributed by atoms with Gasteiger partial charge in [0.15, 0.2) is 0 Å². The van der Waals surface area contributed by atoms with E-state index in [4.69, 9.17) is 11.6 Å². The van der Waals surface area contributed by atoms with E-state index in [1.165, 1.54) is 31.2 Å². The lowest BCUT2D eigenvalue weighted by atomic mass is 9.53. The summed E-state index contributed by atoms with van der Waals surface area (Å²) >= 11 is 6.07. The molecule has 1 heterocycles. The average Bonchev–Trinajstić information content (AvgIpc) is 2.59. The highest BCUT2D eigenvalue weighted by Gasteiger charge is 2.50. The summed E-state index contributed by atoms with van der Waals surface area (Å²) in [4.78, 5) is 4.44. The first-order chi connectivity index (χ1) is 11.3. The molecule has 3 heteroatoms. The first-order valence-electron chi connectivity index (χ1n) is 8.72. The van der Waals surface area contributed by atoms with E-state index in [2.05, 4.69) is 34.6 Å². The molecule has 2 aliphatic rings. The third-order valence-corrected chi connectivity index (χ3v) is 5.94. The lowest BCUT2D eigenvalue weighted by molar-refractivity contribution is 0.0252. The quantitative estimate of drug-likeness (QED) is 0.873. The molecule has 2 saturated carbocycles.